The Kier molecular flexibility index (Phi) is 3.70. The molecule has 0 radical (unpaired) electrons. The SMILES string of the molecule is CN(CC1(O)CCCC1)C(=O)c1n[nH]c2ccccc2c1=O. The van der Waals surface area contributed by atoms with Crippen LogP contribution in [-0.4, -0.2) is 45.3 Å². The van der Waals surface area contributed by atoms with Gasteiger partial charge in [-0.15, -0.1) is 0 Å². The minimum absolute atomic E-state index is 0.136. The van der Waals surface area contributed by atoms with Crippen molar-refractivity contribution in [1.29, 1.82) is 0 Å². The average Bonchev–Trinajstić information content (AvgIpc) is 2.93. The number of nitrogens with zero attached hydrogens (tertiary/aromatic N) is 2. The molecule has 1 heterocycles. The van der Waals surface area contributed by atoms with E-state index in [-0.39, 0.29) is 17.7 Å². The molecule has 3 rings (SSSR count). The molecule has 0 spiro atoms. The predicted molar refractivity (Wildman–Crippen MR) is 82.7 cm³/mol. The van der Waals surface area contributed by atoms with Crippen LogP contribution in [0.25, 0.3) is 10.9 Å². The minimum atomic E-state index is -0.839. The number of aromatic nitrogens is 2. The van der Waals surface area contributed by atoms with Crippen molar-refractivity contribution in [1.82, 2.24) is 15.1 Å². The molecule has 6 nitrogen and oxygen atoms in total. The van der Waals surface area contributed by atoms with E-state index in [1.165, 1.54) is 4.90 Å². The Balaban J connectivity index is 1.88. The lowest BCUT2D eigenvalue weighted by atomic mass is 10.0. The molecule has 2 aromatic rings. The van der Waals surface area contributed by atoms with Crippen molar-refractivity contribution in [2.24, 2.45) is 0 Å². The molecule has 0 aliphatic heterocycles. The van der Waals surface area contributed by atoms with Crippen molar-refractivity contribution >= 4 is 16.8 Å². The molecule has 1 fully saturated rings. The smallest absolute Gasteiger partial charge is 0.278 e. The number of benzene rings is 1. The van der Waals surface area contributed by atoms with Crippen molar-refractivity contribution in [3.05, 3.63) is 40.2 Å². The molecule has 6 heteroatoms. The molecule has 0 saturated heterocycles. The van der Waals surface area contributed by atoms with E-state index in [9.17, 15) is 14.7 Å². The zero-order valence-electron chi connectivity index (χ0n) is 12.5. The van der Waals surface area contributed by atoms with Gasteiger partial charge < -0.3 is 10.0 Å². The summed E-state index contributed by atoms with van der Waals surface area (Å²) in [5, 5.41) is 17.5. The van der Waals surface area contributed by atoms with E-state index < -0.39 is 11.5 Å². The summed E-state index contributed by atoms with van der Waals surface area (Å²) in [7, 11) is 1.59. The normalized spacial score (nSPS) is 16.8. The fourth-order valence-electron chi connectivity index (χ4n) is 3.10. The molecule has 1 aromatic carbocycles. The third-order valence-electron chi connectivity index (χ3n) is 4.29. The van der Waals surface area contributed by atoms with Crippen LogP contribution in [0.1, 0.15) is 36.2 Å². The van der Waals surface area contributed by atoms with Crippen LogP contribution in [0.5, 0.6) is 0 Å². The van der Waals surface area contributed by atoms with E-state index in [2.05, 4.69) is 10.2 Å². The summed E-state index contributed by atoms with van der Waals surface area (Å²) in [6.07, 6.45) is 3.30. The van der Waals surface area contributed by atoms with Gasteiger partial charge in [-0.3, -0.25) is 14.7 Å². The second-order valence-corrected chi connectivity index (χ2v) is 6.04. The van der Waals surface area contributed by atoms with Gasteiger partial charge in [0.05, 0.1) is 11.1 Å². The molecule has 1 saturated carbocycles. The van der Waals surface area contributed by atoms with Crippen LogP contribution in [0.3, 0.4) is 0 Å². The van der Waals surface area contributed by atoms with Crippen LogP contribution >= 0.6 is 0 Å². The number of carbonyl (C=O) groups is 1. The highest BCUT2D eigenvalue weighted by atomic mass is 16.3. The molecular weight excluding hydrogens is 282 g/mol. The molecule has 116 valence electrons. The maximum atomic E-state index is 12.5. The van der Waals surface area contributed by atoms with Crippen LogP contribution in [0.15, 0.2) is 29.1 Å². The summed E-state index contributed by atoms with van der Waals surface area (Å²) in [5.41, 5.74) is -0.762. The Morgan fingerprint density at radius 1 is 1.36 bits per heavy atom. The number of nitrogens with one attached hydrogen (secondary N) is 1. The Bertz CT molecular complexity index is 763. The predicted octanol–water partition coefficient (Wildman–Crippen LogP) is 1.30. The van der Waals surface area contributed by atoms with Gasteiger partial charge >= 0.3 is 0 Å². The number of rotatable bonds is 3. The highest BCUT2D eigenvalue weighted by Crippen LogP contribution is 2.30. The Labute approximate surface area is 127 Å². The second-order valence-electron chi connectivity index (χ2n) is 6.04. The van der Waals surface area contributed by atoms with E-state index in [1.54, 1.807) is 31.3 Å². The molecule has 1 aliphatic carbocycles. The van der Waals surface area contributed by atoms with Gasteiger partial charge in [-0.05, 0) is 25.0 Å². The number of aromatic amines is 1. The number of amides is 1. The van der Waals surface area contributed by atoms with Crippen LogP contribution in [0.2, 0.25) is 0 Å². The van der Waals surface area contributed by atoms with Crippen LogP contribution in [0.4, 0.5) is 0 Å². The topological polar surface area (TPSA) is 86.3 Å². The number of fused-ring (bicyclic) bond motifs is 1. The van der Waals surface area contributed by atoms with Gasteiger partial charge in [0.1, 0.15) is 0 Å². The van der Waals surface area contributed by atoms with Gasteiger partial charge in [0.2, 0.25) is 5.43 Å². The van der Waals surface area contributed by atoms with E-state index >= 15 is 0 Å². The number of para-hydroxylation sites is 1. The van der Waals surface area contributed by atoms with Gasteiger partial charge in [0, 0.05) is 19.0 Å². The number of aliphatic hydroxyl groups is 1. The van der Waals surface area contributed by atoms with Gasteiger partial charge in [-0.2, -0.15) is 5.10 Å². The van der Waals surface area contributed by atoms with Gasteiger partial charge in [0.15, 0.2) is 5.69 Å². The summed E-state index contributed by atoms with van der Waals surface area (Å²) < 4.78 is 0. The largest absolute Gasteiger partial charge is 0.388 e. The third kappa shape index (κ3) is 2.62. The van der Waals surface area contributed by atoms with Crippen LogP contribution in [-0.2, 0) is 0 Å². The molecule has 1 aromatic heterocycles. The number of H-pyrrole nitrogens is 1. The lowest BCUT2D eigenvalue weighted by Gasteiger charge is -2.28. The zero-order chi connectivity index (χ0) is 15.7. The van der Waals surface area contributed by atoms with Crippen molar-refractivity contribution in [3.63, 3.8) is 0 Å². The number of hydrogen-bond donors (Lipinski definition) is 2. The summed E-state index contributed by atoms with van der Waals surface area (Å²) >= 11 is 0. The summed E-state index contributed by atoms with van der Waals surface area (Å²) in [6, 6.07) is 6.94. The first-order valence-electron chi connectivity index (χ1n) is 7.45. The molecule has 0 atom stereocenters. The number of hydrogen-bond acceptors (Lipinski definition) is 4. The Hall–Kier alpha value is -2.21. The van der Waals surface area contributed by atoms with Crippen molar-refractivity contribution in [3.8, 4) is 0 Å². The summed E-state index contributed by atoms with van der Waals surface area (Å²) in [4.78, 5) is 26.3. The maximum absolute atomic E-state index is 12.5. The highest BCUT2D eigenvalue weighted by Gasteiger charge is 2.34. The Morgan fingerprint density at radius 2 is 2.05 bits per heavy atom. The second kappa shape index (κ2) is 5.53. The summed E-state index contributed by atoms with van der Waals surface area (Å²) in [6.45, 7) is 0.222. The molecule has 2 N–H and O–H groups in total. The standard InChI is InChI=1S/C16H19N3O3/c1-19(10-16(22)8-4-5-9-16)15(21)13-14(20)11-6-2-3-7-12(11)17-18-13/h2-3,6-7,22H,4-5,8-10H2,1H3,(H,17,20). The Morgan fingerprint density at radius 3 is 2.77 bits per heavy atom. The quantitative estimate of drug-likeness (QED) is 0.894. The first-order chi connectivity index (χ1) is 10.5. The van der Waals surface area contributed by atoms with Gasteiger partial charge in [-0.25, -0.2) is 0 Å². The van der Waals surface area contributed by atoms with Crippen LogP contribution in [0, 0.1) is 0 Å². The third-order valence-corrected chi connectivity index (χ3v) is 4.29. The fourth-order valence-corrected chi connectivity index (χ4v) is 3.10. The van der Waals surface area contributed by atoms with Crippen molar-refractivity contribution in [2.75, 3.05) is 13.6 Å². The number of likely N-dealkylation sites (N-methyl/N-ethyl adjacent to an activating group) is 1. The first-order valence-corrected chi connectivity index (χ1v) is 7.45. The highest BCUT2D eigenvalue weighted by molar-refractivity contribution is 5.95. The van der Waals surface area contributed by atoms with E-state index in [0.29, 0.717) is 23.7 Å². The molecule has 1 amide bonds. The van der Waals surface area contributed by atoms with Crippen molar-refractivity contribution < 1.29 is 9.90 Å². The van der Waals surface area contributed by atoms with Gasteiger partial charge in [0.25, 0.3) is 5.91 Å². The number of carbonyl (C=O) groups excluding carboxylic acids is 1. The molecule has 0 unspecified atom stereocenters. The lowest BCUT2D eigenvalue weighted by Crippen LogP contribution is -2.43. The maximum Gasteiger partial charge on any atom is 0.278 e. The zero-order valence-corrected chi connectivity index (χ0v) is 12.5. The average molecular weight is 301 g/mol. The molecular formula is C16H19N3O3. The van der Waals surface area contributed by atoms with E-state index in [1.807, 2.05) is 0 Å². The monoisotopic (exact) mass is 301 g/mol. The first kappa shape index (κ1) is 14.7. The van der Waals surface area contributed by atoms with Crippen LogP contribution < -0.4 is 5.43 Å². The van der Waals surface area contributed by atoms with E-state index in [4.69, 9.17) is 0 Å². The van der Waals surface area contributed by atoms with Crippen molar-refractivity contribution in [2.45, 2.75) is 31.3 Å². The molecule has 22 heavy (non-hydrogen) atoms. The minimum Gasteiger partial charge on any atom is -0.388 e. The van der Waals surface area contributed by atoms with Gasteiger partial charge in [-0.1, -0.05) is 25.0 Å². The molecule has 0 bridgehead atoms. The molecule has 1 aliphatic rings. The lowest BCUT2D eigenvalue weighted by molar-refractivity contribution is 0.0154. The van der Waals surface area contributed by atoms with E-state index in [0.717, 1.165) is 12.8 Å². The fraction of sp³-hybridized carbons (Fsp3) is 0.438. The summed E-state index contributed by atoms with van der Waals surface area (Å²) in [5.74, 6) is -0.465.